The Morgan fingerprint density at radius 2 is 1.69 bits per heavy atom. The summed E-state index contributed by atoms with van der Waals surface area (Å²) in [7, 11) is 3.93. The normalized spacial score (nSPS) is 11.3. The summed E-state index contributed by atoms with van der Waals surface area (Å²) in [6.07, 6.45) is 1.90. The molecule has 3 nitrogen and oxygen atoms in total. The molecule has 1 atom stereocenters. The van der Waals surface area contributed by atoms with E-state index in [1.165, 1.54) is 5.30 Å². The second kappa shape index (κ2) is 9.17. The Morgan fingerprint density at radius 3 is 2.46 bits per heavy atom. The van der Waals surface area contributed by atoms with Crippen LogP contribution in [0.4, 0.5) is 0 Å². The van der Waals surface area contributed by atoms with E-state index in [0.717, 1.165) is 27.9 Å². The average Bonchev–Trinajstić information content (AvgIpc) is 2.69. The maximum absolute atomic E-state index is 6.11. The number of nitrogens with zero attached hydrogens (tertiary/aromatic N) is 1. The van der Waals surface area contributed by atoms with Crippen LogP contribution in [-0.4, -0.2) is 20.4 Å². The van der Waals surface area contributed by atoms with Crippen molar-refractivity contribution in [1.82, 2.24) is 0 Å². The first-order valence-corrected chi connectivity index (χ1v) is 9.43. The molecule has 0 bridgehead atoms. The predicted molar refractivity (Wildman–Crippen MR) is 111 cm³/mol. The van der Waals surface area contributed by atoms with Gasteiger partial charge in [0.05, 0.1) is 7.11 Å². The number of aliphatic imine (C=N–C) groups is 1. The summed E-state index contributed by atoms with van der Waals surface area (Å²) in [5.74, 6) is 1.72. The molecule has 0 spiro atoms. The van der Waals surface area contributed by atoms with Gasteiger partial charge in [-0.1, -0.05) is 63.2 Å². The molecule has 3 aromatic rings. The summed E-state index contributed by atoms with van der Waals surface area (Å²) < 4.78 is 11.5. The Labute approximate surface area is 156 Å². The quantitative estimate of drug-likeness (QED) is 0.470. The van der Waals surface area contributed by atoms with E-state index in [9.17, 15) is 0 Å². The molecule has 0 aliphatic heterocycles. The molecule has 0 aliphatic carbocycles. The number of ether oxygens (including phenoxy) is 2. The minimum Gasteiger partial charge on any atom is -0.497 e. The molecule has 3 aromatic carbocycles. The molecule has 0 fully saturated rings. The van der Waals surface area contributed by atoms with Crippen molar-refractivity contribution < 1.29 is 9.47 Å². The molecule has 0 N–H and O–H groups in total. The fourth-order valence-electron chi connectivity index (χ4n) is 2.60. The minimum atomic E-state index is 0.455. The summed E-state index contributed by atoms with van der Waals surface area (Å²) in [5.41, 5.74) is 2.28. The van der Waals surface area contributed by atoms with Gasteiger partial charge in [-0.15, -0.1) is 0 Å². The highest BCUT2D eigenvalue weighted by atomic mass is 31.1. The highest BCUT2D eigenvalue weighted by Crippen LogP contribution is 2.25. The minimum absolute atomic E-state index is 0.455. The van der Waals surface area contributed by atoms with Gasteiger partial charge in [-0.05, 0) is 34.6 Å². The van der Waals surface area contributed by atoms with Crippen LogP contribution in [0.3, 0.4) is 0 Å². The van der Waals surface area contributed by atoms with Gasteiger partial charge in [0.1, 0.15) is 18.1 Å². The fraction of sp³-hybridized carbons (Fsp3) is 0.136. The molecule has 0 amide bonds. The van der Waals surface area contributed by atoms with Gasteiger partial charge < -0.3 is 9.47 Å². The van der Waals surface area contributed by atoms with Gasteiger partial charge in [-0.25, -0.2) is 0 Å². The van der Waals surface area contributed by atoms with Crippen LogP contribution in [0.2, 0.25) is 0 Å². The maximum Gasteiger partial charge on any atom is 0.127 e. The van der Waals surface area contributed by atoms with Gasteiger partial charge in [0.2, 0.25) is 0 Å². The Morgan fingerprint density at radius 1 is 0.923 bits per heavy atom. The molecule has 0 aromatic heterocycles. The van der Waals surface area contributed by atoms with E-state index in [1.807, 2.05) is 42.6 Å². The monoisotopic (exact) mass is 363 g/mol. The third-order valence-corrected chi connectivity index (χ3v) is 5.31. The van der Waals surface area contributed by atoms with E-state index in [4.69, 9.17) is 9.47 Å². The maximum atomic E-state index is 6.11. The van der Waals surface area contributed by atoms with Gasteiger partial charge >= 0.3 is 0 Å². The zero-order valence-electron chi connectivity index (χ0n) is 15.0. The first-order chi connectivity index (χ1) is 12.8. The topological polar surface area (TPSA) is 30.8 Å². The molecule has 0 saturated carbocycles. The SMILES string of the molecule is C/N=C/c1ccccc1Pc1cc(OC)ccc1OCc1ccccc1. The summed E-state index contributed by atoms with van der Waals surface area (Å²) in [6.45, 7) is 0.544. The van der Waals surface area contributed by atoms with Crippen molar-refractivity contribution in [1.29, 1.82) is 0 Å². The Kier molecular flexibility index (Phi) is 6.40. The van der Waals surface area contributed by atoms with Gasteiger partial charge in [0.25, 0.3) is 0 Å². The third kappa shape index (κ3) is 4.71. The van der Waals surface area contributed by atoms with Crippen LogP contribution in [0.15, 0.2) is 77.8 Å². The zero-order chi connectivity index (χ0) is 18.2. The highest BCUT2D eigenvalue weighted by molar-refractivity contribution is 7.56. The molecule has 26 heavy (non-hydrogen) atoms. The summed E-state index contributed by atoms with van der Waals surface area (Å²) in [6, 6.07) is 24.5. The molecule has 3 rings (SSSR count). The standard InChI is InChI=1S/C22H22NO2P/c1-23-15-18-10-6-7-11-21(18)26-22-14-19(24-2)12-13-20(22)25-16-17-8-4-3-5-9-17/h3-15,26H,16H2,1-2H3/b23-15+. The van der Waals surface area contributed by atoms with Crippen molar-refractivity contribution in [3.63, 3.8) is 0 Å². The van der Waals surface area contributed by atoms with Crippen LogP contribution in [0.1, 0.15) is 11.1 Å². The first-order valence-electron chi connectivity index (χ1n) is 8.43. The molecular weight excluding hydrogens is 341 g/mol. The van der Waals surface area contributed by atoms with Crippen LogP contribution in [0, 0.1) is 0 Å². The number of hydrogen-bond donors (Lipinski definition) is 0. The van der Waals surface area contributed by atoms with Crippen LogP contribution in [-0.2, 0) is 6.61 Å². The van der Waals surface area contributed by atoms with Crippen molar-refractivity contribution in [2.24, 2.45) is 4.99 Å². The van der Waals surface area contributed by atoms with E-state index in [2.05, 4.69) is 41.4 Å². The lowest BCUT2D eigenvalue weighted by molar-refractivity contribution is 0.308. The predicted octanol–water partition coefficient (Wildman–Crippen LogP) is 3.95. The zero-order valence-corrected chi connectivity index (χ0v) is 16.0. The highest BCUT2D eigenvalue weighted by Gasteiger charge is 2.09. The number of hydrogen-bond acceptors (Lipinski definition) is 3. The lowest BCUT2D eigenvalue weighted by Gasteiger charge is -2.14. The first kappa shape index (κ1) is 18.2. The molecular formula is C22H22NO2P. The van der Waals surface area contributed by atoms with E-state index < -0.39 is 0 Å². The smallest absolute Gasteiger partial charge is 0.127 e. The Bertz CT molecular complexity index is 878. The van der Waals surface area contributed by atoms with Crippen molar-refractivity contribution >= 4 is 25.4 Å². The molecule has 132 valence electrons. The average molecular weight is 363 g/mol. The second-order valence-electron chi connectivity index (χ2n) is 5.74. The van der Waals surface area contributed by atoms with Gasteiger partial charge in [0, 0.05) is 18.6 Å². The van der Waals surface area contributed by atoms with E-state index in [0.29, 0.717) is 15.2 Å². The van der Waals surface area contributed by atoms with Crippen LogP contribution < -0.4 is 20.1 Å². The van der Waals surface area contributed by atoms with Crippen molar-refractivity contribution in [3.05, 3.63) is 83.9 Å². The van der Waals surface area contributed by atoms with Crippen molar-refractivity contribution in [3.8, 4) is 11.5 Å². The van der Waals surface area contributed by atoms with Gasteiger partial charge in [-0.3, -0.25) is 4.99 Å². The van der Waals surface area contributed by atoms with Crippen LogP contribution in [0.25, 0.3) is 0 Å². The lowest BCUT2D eigenvalue weighted by Crippen LogP contribution is -2.12. The number of rotatable bonds is 7. The summed E-state index contributed by atoms with van der Waals surface area (Å²) in [4.78, 5) is 4.16. The van der Waals surface area contributed by atoms with E-state index in [-0.39, 0.29) is 0 Å². The van der Waals surface area contributed by atoms with Gasteiger partial charge in [-0.2, -0.15) is 0 Å². The Hall–Kier alpha value is -2.64. The molecule has 1 unspecified atom stereocenters. The fourth-order valence-corrected chi connectivity index (χ4v) is 3.86. The summed E-state index contributed by atoms with van der Waals surface area (Å²) in [5, 5.41) is 2.35. The number of benzene rings is 3. The third-order valence-electron chi connectivity index (χ3n) is 3.92. The number of methoxy groups -OCH3 is 1. The van der Waals surface area contributed by atoms with Crippen molar-refractivity contribution in [2.45, 2.75) is 6.61 Å². The largest absolute Gasteiger partial charge is 0.497 e. The molecule has 0 aliphatic rings. The van der Waals surface area contributed by atoms with Gasteiger partial charge in [0.15, 0.2) is 0 Å². The van der Waals surface area contributed by atoms with E-state index >= 15 is 0 Å². The Balaban J connectivity index is 1.87. The lowest BCUT2D eigenvalue weighted by atomic mass is 10.2. The van der Waals surface area contributed by atoms with Crippen LogP contribution in [0.5, 0.6) is 11.5 Å². The van der Waals surface area contributed by atoms with Crippen LogP contribution >= 0.6 is 8.58 Å². The molecule has 4 heteroatoms. The summed E-state index contributed by atoms with van der Waals surface area (Å²) >= 11 is 0. The molecule has 0 saturated heterocycles. The molecule has 0 heterocycles. The second-order valence-corrected chi connectivity index (χ2v) is 7.06. The molecule has 0 radical (unpaired) electrons. The van der Waals surface area contributed by atoms with E-state index in [1.54, 1.807) is 14.2 Å². The van der Waals surface area contributed by atoms with Crippen molar-refractivity contribution in [2.75, 3.05) is 14.2 Å².